The second-order valence-corrected chi connectivity index (χ2v) is 8.70. The Balaban J connectivity index is 1.92. The lowest BCUT2D eigenvalue weighted by atomic mass is 10.1. The van der Waals surface area contributed by atoms with E-state index in [0.29, 0.717) is 21.3 Å². The molecule has 0 aliphatic carbocycles. The number of aromatic nitrogens is 1. The summed E-state index contributed by atoms with van der Waals surface area (Å²) in [5.41, 5.74) is 2.00. The van der Waals surface area contributed by atoms with Gasteiger partial charge in [0.2, 0.25) is 0 Å². The molecule has 1 aromatic heterocycles. The number of ether oxygens (including phenoxy) is 1. The zero-order valence-corrected chi connectivity index (χ0v) is 18.8. The molecule has 3 aromatic rings. The smallest absolute Gasteiger partial charge is 0.387 e. The van der Waals surface area contributed by atoms with Crippen molar-refractivity contribution in [3.63, 3.8) is 0 Å². The average Bonchev–Trinajstić information content (AvgIpc) is 3.18. The van der Waals surface area contributed by atoms with Gasteiger partial charge in [0.05, 0.1) is 24.1 Å². The topological polar surface area (TPSA) is 118 Å². The number of anilines is 2. The summed E-state index contributed by atoms with van der Waals surface area (Å²) in [6.07, 6.45) is 0. The summed E-state index contributed by atoms with van der Waals surface area (Å²) in [7, 11) is 0. The number of nitriles is 1. The number of carbonyl (C=O) groups is 1. The third kappa shape index (κ3) is 6.55. The summed E-state index contributed by atoms with van der Waals surface area (Å²) >= 11 is -1.20. The van der Waals surface area contributed by atoms with Gasteiger partial charge in [-0.25, -0.2) is 4.98 Å². The molecule has 172 valence electrons. The van der Waals surface area contributed by atoms with E-state index in [0.717, 1.165) is 5.56 Å². The summed E-state index contributed by atoms with van der Waals surface area (Å²) in [4.78, 5) is 19.1. The lowest BCUT2D eigenvalue weighted by Crippen LogP contribution is -2.27. The number of amides is 1. The molecule has 0 aliphatic rings. The van der Waals surface area contributed by atoms with Gasteiger partial charge in [-0.3, -0.25) is 9.00 Å². The van der Waals surface area contributed by atoms with Crippen LogP contribution in [0.5, 0.6) is 5.75 Å². The number of thiazole rings is 1. The Hall–Kier alpha value is -3.40. The standard InChI is InChI=1S/C21H18F2N4O4S2/c1-13-18(19(28)25-12-33(29)30)26-21(32-13)27(16-6-2-14(10-24)3-7-16)11-15-4-8-17(9-5-15)31-20(22)23/h2-9,20H,11-12H2,1H3,(H,25,28)(H,29,30)/p-1. The van der Waals surface area contributed by atoms with E-state index < -0.39 is 29.5 Å². The van der Waals surface area contributed by atoms with E-state index in [-0.39, 0.29) is 18.0 Å². The number of rotatable bonds is 9. The summed E-state index contributed by atoms with van der Waals surface area (Å²) in [5, 5.41) is 11.8. The van der Waals surface area contributed by atoms with Crippen molar-refractivity contribution in [2.75, 3.05) is 10.8 Å². The molecule has 2 aromatic carbocycles. The van der Waals surface area contributed by atoms with Crippen molar-refractivity contribution in [1.29, 1.82) is 5.26 Å². The van der Waals surface area contributed by atoms with Crippen LogP contribution in [0.1, 0.15) is 26.5 Å². The first-order valence-electron chi connectivity index (χ1n) is 9.39. The predicted octanol–water partition coefficient (Wildman–Crippen LogP) is 3.83. The van der Waals surface area contributed by atoms with Crippen LogP contribution in [-0.4, -0.2) is 32.1 Å². The number of aryl methyl sites for hydroxylation is 1. The predicted molar refractivity (Wildman–Crippen MR) is 118 cm³/mol. The van der Waals surface area contributed by atoms with Crippen LogP contribution in [0.3, 0.4) is 0 Å². The normalized spacial score (nSPS) is 11.6. The van der Waals surface area contributed by atoms with Crippen molar-refractivity contribution >= 4 is 39.1 Å². The molecule has 1 N–H and O–H groups in total. The molecule has 1 atom stereocenters. The van der Waals surface area contributed by atoms with E-state index in [1.165, 1.54) is 23.5 Å². The van der Waals surface area contributed by atoms with E-state index in [4.69, 9.17) is 5.26 Å². The molecule has 0 aliphatic heterocycles. The Morgan fingerprint density at radius 3 is 2.52 bits per heavy atom. The van der Waals surface area contributed by atoms with Gasteiger partial charge in [0.1, 0.15) is 11.4 Å². The van der Waals surface area contributed by atoms with Gasteiger partial charge in [-0.1, -0.05) is 12.1 Å². The first-order chi connectivity index (χ1) is 15.8. The zero-order chi connectivity index (χ0) is 24.0. The number of nitrogens with one attached hydrogen (secondary N) is 1. The first-order valence-corrected chi connectivity index (χ1v) is 11.5. The molecule has 0 saturated carbocycles. The molecule has 1 amide bonds. The second-order valence-electron chi connectivity index (χ2n) is 6.62. The minimum absolute atomic E-state index is 0.0264. The van der Waals surface area contributed by atoms with Crippen LogP contribution < -0.4 is 15.0 Å². The van der Waals surface area contributed by atoms with Crippen LogP contribution in [-0.2, 0) is 17.6 Å². The SMILES string of the molecule is Cc1sc(N(Cc2ccc(OC(F)F)cc2)c2ccc(C#N)cc2)nc1C(=O)NCS(=O)[O-]. The minimum Gasteiger partial charge on any atom is -0.771 e. The molecule has 12 heteroatoms. The minimum atomic E-state index is -2.92. The van der Waals surface area contributed by atoms with Crippen LogP contribution in [0.15, 0.2) is 48.5 Å². The van der Waals surface area contributed by atoms with Gasteiger partial charge in [0.15, 0.2) is 5.13 Å². The number of alkyl halides is 2. The van der Waals surface area contributed by atoms with Gasteiger partial charge in [0.25, 0.3) is 5.91 Å². The number of nitrogens with zero attached hydrogens (tertiary/aromatic N) is 3. The summed E-state index contributed by atoms with van der Waals surface area (Å²) in [6, 6.07) is 14.9. The highest BCUT2D eigenvalue weighted by Gasteiger charge is 2.20. The molecule has 0 spiro atoms. The molecule has 0 bridgehead atoms. The fraction of sp³-hybridized carbons (Fsp3) is 0.190. The van der Waals surface area contributed by atoms with Crippen molar-refractivity contribution in [2.24, 2.45) is 0 Å². The zero-order valence-electron chi connectivity index (χ0n) is 17.2. The molecule has 33 heavy (non-hydrogen) atoms. The van der Waals surface area contributed by atoms with Crippen molar-refractivity contribution in [2.45, 2.75) is 20.1 Å². The Kier molecular flexibility index (Phi) is 8.05. The number of halogens is 2. The van der Waals surface area contributed by atoms with Gasteiger partial charge in [0, 0.05) is 10.6 Å². The van der Waals surface area contributed by atoms with Gasteiger partial charge >= 0.3 is 6.61 Å². The van der Waals surface area contributed by atoms with Crippen molar-refractivity contribution in [1.82, 2.24) is 10.3 Å². The van der Waals surface area contributed by atoms with E-state index in [2.05, 4.69) is 15.0 Å². The summed E-state index contributed by atoms with van der Waals surface area (Å²) in [5.74, 6) is -1.12. The highest BCUT2D eigenvalue weighted by Crippen LogP contribution is 2.33. The second kappa shape index (κ2) is 11.0. The Labute approximate surface area is 194 Å². The maximum absolute atomic E-state index is 12.4. The largest absolute Gasteiger partial charge is 0.771 e. The average molecular weight is 492 g/mol. The third-order valence-corrected chi connectivity index (χ3v) is 5.75. The van der Waals surface area contributed by atoms with Gasteiger partial charge in [-0.15, -0.1) is 11.3 Å². The van der Waals surface area contributed by atoms with Crippen LogP contribution in [0.25, 0.3) is 0 Å². The first kappa shape index (κ1) is 24.2. The highest BCUT2D eigenvalue weighted by molar-refractivity contribution is 7.79. The Bertz CT molecular complexity index is 1180. The number of benzene rings is 2. The molecular weight excluding hydrogens is 474 g/mol. The molecule has 3 rings (SSSR count). The van der Waals surface area contributed by atoms with Crippen LogP contribution in [0.4, 0.5) is 19.6 Å². The van der Waals surface area contributed by atoms with Crippen LogP contribution >= 0.6 is 11.3 Å². The molecule has 0 radical (unpaired) electrons. The van der Waals surface area contributed by atoms with Crippen molar-refractivity contribution < 1.29 is 27.1 Å². The quantitative estimate of drug-likeness (QED) is 0.452. The van der Waals surface area contributed by atoms with Gasteiger partial charge in [-0.2, -0.15) is 14.0 Å². The number of carbonyl (C=O) groups excluding carboxylic acids is 1. The van der Waals surface area contributed by atoms with E-state index in [1.54, 1.807) is 48.2 Å². The summed E-state index contributed by atoms with van der Waals surface area (Å²) < 4.78 is 50.7. The lowest BCUT2D eigenvalue weighted by Gasteiger charge is -2.22. The monoisotopic (exact) mass is 491 g/mol. The molecule has 0 fully saturated rings. The molecule has 8 nitrogen and oxygen atoms in total. The van der Waals surface area contributed by atoms with Crippen molar-refractivity contribution in [3.8, 4) is 11.8 Å². The summed E-state index contributed by atoms with van der Waals surface area (Å²) in [6.45, 7) is -0.954. The lowest BCUT2D eigenvalue weighted by molar-refractivity contribution is -0.0498. The number of hydrogen-bond acceptors (Lipinski definition) is 8. The van der Waals surface area contributed by atoms with Crippen LogP contribution in [0.2, 0.25) is 0 Å². The van der Waals surface area contributed by atoms with Gasteiger partial charge < -0.3 is 19.5 Å². The maximum Gasteiger partial charge on any atom is 0.387 e. The highest BCUT2D eigenvalue weighted by atomic mass is 32.2. The van der Waals surface area contributed by atoms with E-state index >= 15 is 0 Å². The molecule has 0 saturated heterocycles. The van der Waals surface area contributed by atoms with Crippen LogP contribution in [0, 0.1) is 18.3 Å². The van der Waals surface area contributed by atoms with E-state index in [1.807, 2.05) is 6.07 Å². The molecule has 1 heterocycles. The van der Waals surface area contributed by atoms with E-state index in [9.17, 15) is 22.3 Å². The molecule has 1 unspecified atom stereocenters. The fourth-order valence-electron chi connectivity index (χ4n) is 2.86. The Morgan fingerprint density at radius 2 is 1.94 bits per heavy atom. The Morgan fingerprint density at radius 1 is 1.27 bits per heavy atom. The number of hydrogen-bond donors (Lipinski definition) is 1. The van der Waals surface area contributed by atoms with Gasteiger partial charge in [-0.05, 0) is 60.0 Å². The maximum atomic E-state index is 12.4. The fourth-order valence-corrected chi connectivity index (χ4v) is 4.04. The molecular formula is C21H17F2N4O4S2-. The van der Waals surface area contributed by atoms with Crippen molar-refractivity contribution in [3.05, 3.63) is 70.2 Å². The third-order valence-electron chi connectivity index (χ3n) is 4.38.